The number of amides is 1. The lowest BCUT2D eigenvalue weighted by molar-refractivity contribution is -0.112. The van der Waals surface area contributed by atoms with Crippen LogP contribution < -0.4 is 5.32 Å². The van der Waals surface area contributed by atoms with E-state index in [0.717, 1.165) is 0 Å². The summed E-state index contributed by atoms with van der Waals surface area (Å²) in [6.45, 7) is 0. The van der Waals surface area contributed by atoms with Gasteiger partial charge in [0.15, 0.2) is 0 Å². The van der Waals surface area contributed by atoms with Crippen LogP contribution in [0.5, 0.6) is 0 Å². The average molecular weight is 198 g/mol. The number of anilines is 1. The molecule has 1 aromatic carbocycles. The number of halogens is 1. The minimum absolute atomic E-state index is 0.246. The molecule has 0 radical (unpaired) electrons. The molecule has 0 unspecified atom stereocenters. The van der Waals surface area contributed by atoms with Gasteiger partial charge >= 0.3 is 0 Å². The number of benzene rings is 1. The molecule has 68 valence electrons. The van der Waals surface area contributed by atoms with E-state index in [2.05, 4.69) is 5.32 Å². The predicted molar refractivity (Wildman–Crippen MR) is 51.6 cm³/mol. The summed E-state index contributed by atoms with van der Waals surface area (Å²) in [6, 6.07) is 8.84. The molecule has 0 heterocycles. The van der Waals surface area contributed by atoms with Gasteiger partial charge in [-0.25, -0.2) is 0 Å². The van der Waals surface area contributed by atoms with Gasteiger partial charge in [0.2, 0.25) is 0 Å². The molecule has 0 fully saturated rings. The standard InChI is InChI=1S/C9H8ClNO2/c10-8(6-12)9(13)11-7-4-2-1-3-5-7/h1-6,12H,(H,11,13)/b8-6-. The monoisotopic (exact) mass is 197 g/mol. The molecule has 1 rings (SSSR count). The van der Waals surface area contributed by atoms with E-state index in [4.69, 9.17) is 16.7 Å². The largest absolute Gasteiger partial charge is 0.514 e. The van der Waals surface area contributed by atoms with Crippen LogP contribution in [0.2, 0.25) is 0 Å². The number of para-hydroxylation sites is 1. The topological polar surface area (TPSA) is 49.3 Å². The Balaban J connectivity index is 2.66. The number of carbonyl (C=O) groups is 1. The number of aliphatic hydroxyl groups excluding tert-OH is 1. The smallest absolute Gasteiger partial charge is 0.270 e. The third kappa shape index (κ3) is 2.80. The Hall–Kier alpha value is -1.48. The second kappa shape index (κ2) is 4.52. The van der Waals surface area contributed by atoms with E-state index < -0.39 is 5.91 Å². The van der Waals surface area contributed by atoms with Crippen molar-refractivity contribution in [2.24, 2.45) is 0 Å². The fourth-order valence-corrected chi connectivity index (χ4v) is 0.818. The maximum atomic E-state index is 11.1. The van der Waals surface area contributed by atoms with Gasteiger partial charge in [-0.2, -0.15) is 0 Å². The normalized spacial score (nSPS) is 11.0. The van der Waals surface area contributed by atoms with Crippen LogP contribution >= 0.6 is 11.6 Å². The Morgan fingerprint density at radius 1 is 1.38 bits per heavy atom. The molecule has 0 aromatic heterocycles. The number of aliphatic hydroxyl groups is 1. The Morgan fingerprint density at radius 3 is 2.54 bits per heavy atom. The van der Waals surface area contributed by atoms with Crippen LogP contribution in [0.4, 0.5) is 5.69 Å². The van der Waals surface area contributed by atoms with Crippen molar-refractivity contribution in [1.29, 1.82) is 0 Å². The fourth-order valence-electron chi connectivity index (χ4n) is 0.771. The molecule has 2 N–H and O–H groups in total. The number of nitrogens with one attached hydrogen (secondary N) is 1. The van der Waals surface area contributed by atoms with Crippen molar-refractivity contribution in [3.8, 4) is 0 Å². The first kappa shape index (κ1) is 9.61. The van der Waals surface area contributed by atoms with Gasteiger partial charge < -0.3 is 10.4 Å². The Labute approximate surface area is 80.6 Å². The summed E-state index contributed by atoms with van der Waals surface area (Å²) < 4.78 is 0. The van der Waals surface area contributed by atoms with Crippen LogP contribution in [0.1, 0.15) is 0 Å². The van der Waals surface area contributed by atoms with Crippen LogP contribution in [0.3, 0.4) is 0 Å². The minimum Gasteiger partial charge on any atom is -0.514 e. The van der Waals surface area contributed by atoms with Crippen molar-refractivity contribution in [1.82, 2.24) is 0 Å². The van der Waals surface area contributed by atoms with Gasteiger partial charge in [0.1, 0.15) is 11.3 Å². The van der Waals surface area contributed by atoms with Crippen molar-refractivity contribution in [2.45, 2.75) is 0 Å². The third-order valence-electron chi connectivity index (χ3n) is 1.36. The van der Waals surface area contributed by atoms with Crippen LogP contribution in [-0.4, -0.2) is 11.0 Å². The summed E-state index contributed by atoms with van der Waals surface area (Å²) in [4.78, 5) is 11.1. The number of carbonyl (C=O) groups excluding carboxylic acids is 1. The fraction of sp³-hybridized carbons (Fsp3) is 0. The summed E-state index contributed by atoms with van der Waals surface area (Å²) in [5.74, 6) is -0.532. The highest BCUT2D eigenvalue weighted by molar-refractivity contribution is 6.43. The van der Waals surface area contributed by atoms with Gasteiger partial charge in [0.25, 0.3) is 5.91 Å². The van der Waals surface area contributed by atoms with Crippen molar-refractivity contribution in [3.05, 3.63) is 41.6 Å². The van der Waals surface area contributed by atoms with Gasteiger partial charge in [-0.05, 0) is 12.1 Å². The summed E-state index contributed by atoms with van der Waals surface area (Å²) in [6.07, 6.45) is 0.555. The molecule has 1 aromatic rings. The summed E-state index contributed by atoms with van der Waals surface area (Å²) in [5.41, 5.74) is 0.632. The maximum Gasteiger partial charge on any atom is 0.270 e. The molecular formula is C9H8ClNO2. The lowest BCUT2D eigenvalue weighted by Crippen LogP contribution is -2.11. The summed E-state index contributed by atoms with van der Waals surface area (Å²) >= 11 is 5.36. The molecule has 0 saturated heterocycles. The molecule has 0 saturated carbocycles. The summed E-state index contributed by atoms with van der Waals surface area (Å²) in [7, 11) is 0. The van der Waals surface area contributed by atoms with E-state index in [-0.39, 0.29) is 5.03 Å². The van der Waals surface area contributed by atoms with Crippen LogP contribution in [0, 0.1) is 0 Å². The Kier molecular flexibility index (Phi) is 3.34. The van der Waals surface area contributed by atoms with Crippen molar-refractivity contribution >= 4 is 23.2 Å². The van der Waals surface area contributed by atoms with Gasteiger partial charge in [0, 0.05) is 5.69 Å². The van der Waals surface area contributed by atoms with Crippen LogP contribution in [0.25, 0.3) is 0 Å². The van der Waals surface area contributed by atoms with Crippen LogP contribution in [-0.2, 0) is 4.79 Å². The molecule has 13 heavy (non-hydrogen) atoms. The quantitative estimate of drug-likeness (QED) is 0.565. The molecule has 1 amide bonds. The predicted octanol–water partition coefficient (Wildman–Crippen LogP) is 2.26. The zero-order chi connectivity index (χ0) is 9.68. The summed E-state index contributed by atoms with van der Waals surface area (Å²) in [5, 5.41) is 10.7. The van der Waals surface area contributed by atoms with Gasteiger partial charge in [-0.15, -0.1) is 0 Å². The first-order chi connectivity index (χ1) is 6.24. The average Bonchev–Trinajstić information content (AvgIpc) is 2.18. The number of rotatable bonds is 2. The van der Waals surface area contributed by atoms with E-state index in [1.165, 1.54) is 0 Å². The Morgan fingerprint density at radius 2 is 2.00 bits per heavy atom. The molecule has 0 aliphatic carbocycles. The SMILES string of the molecule is O=C(Nc1ccccc1)/C(Cl)=C/O. The Bertz CT molecular complexity index is 322. The highest BCUT2D eigenvalue weighted by Crippen LogP contribution is 2.08. The first-order valence-electron chi connectivity index (χ1n) is 3.60. The number of hydrogen-bond donors (Lipinski definition) is 2. The molecule has 0 atom stereocenters. The minimum atomic E-state index is -0.532. The molecular weight excluding hydrogens is 190 g/mol. The lowest BCUT2D eigenvalue weighted by atomic mass is 10.3. The van der Waals surface area contributed by atoms with Gasteiger partial charge in [-0.1, -0.05) is 29.8 Å². The highest BCUT2D eigenvalue weighted by Gasteiger charge is 2.05. The van der Waals surface area contributed by atoms with Crippen molar-refractivity contribution < 1.29 is 9.90 Å². The second-order valence-corrected chi connectivity index (χ2v) is 2.70. The zero-order valence-electron chi connectivity index (χ0n) is 6.70. The van der Waals surface area contributed by atoms with Gasteiger partial charge in [-0.3, -0.25) is 4.79 Å². The second-order valence-electron chi connectivity index (χ2n) is 2.30. The van der Waals surface area contributed by atoms with Crippen LogP contribution in [0.15, 0.2) is 41.6 Å². The number of hydrogen-bond acceptors (Lipinski definition) is 2. The van der Waals surface area contributed by atoms with E-state index in [0.29, 0.717) is 11.9 Å². The van der Waals surface area contributed by atoms with Gasteiger partial charge in [0.05, 0.1) is 0 Å². The first-order valence-corrected chi connectivity index (χ1v) is 3.98. The van der Waals surface area contributed by atoms with E-state index in [1.54, 1.807) is 24.3 Å². The van der Waals surface area contributed by atoms with E-state index in [9.17, 15) is 4.79 Å². The zero-order valence-corrected chi connectivity index (χ0v) is 7.45. The van der Waals surface area contributed by atoms with Crippen molar-refractivity contribution in [2.75, 3.05) is 5.32 Å². The molecule has 0 aliphatic heterocycles. The van der Waals surface area contributed by atoms with E-state index in [1.807, 2.05) is 6.07 Å². The van der Waals surface area contributed by atoms with E-state index >= 15 is 0 Å². The molecule has 0 aliphatic rings. The third-order valence-corrected chi connectivity index (χ3v) is 1.63. The maximum absolute atomic E-state index is 11.1. The molecule has 4 heteroatoms. The molecule has 0 bridgehead atoms. The highest BCUT2D eigenvalue weighted by atomic mass is 35.5. The molecule has 0 spiro atoms. The lowest BCUT2D eigenvalue weighted by Gasteiger charge is -2.01. The van der Waals surface area contributed by atoms with Crippen molar-refractivity contribution in [3.63, 3.8) is 0 Å². The molecule has 3 nitrogen and oxygen atoms in total.